The van der Waals surface area contributed by atoms with Crippen molar-refractivity contribution in [2.24, 2.45) is 0 Å². The number of ether oxygens (including phenoxy) is 2. The molecule has 2 aromatic heterocycles. The molecular formula is C25H20N4O3S2. The fourth-order valence-electron chi connectivity index (χ4n) is 3.66. The molecule has 0 N–H and O–H groups in total. The molecule has 2 aromatic carbocycles. The van der Waals surface area contributed by atoms with Crippen LogP contribution in [0.1, 0.15) is 6.42 Å². The number of carbonyl (C=O) groups excluding carboxylic acids is 1. The number of aromatic nitrogens is 2. The molecule has 4 aromatic rings. The fraction of sp³-hybridized carbons (Fsp3) is 0.200. The van der Waals surface area contributed by atoms with E-state index in [9.17, 15) is 4.79 Å². The molecule has 0 fully saturated rings. The lowest BCUT2D eigenvalue weighted by Crippen LogP contribution is -2.33. The van der Waals surface area contributed by atoms with Gasteiger partial charge in [0.2, 0.25) is 5.91 Å². The molecule has 0 spiro atoms. The van der Waals surface area contributed by atoms with E-state index < -0.39 is 0 Å². The van der Waals surface area contributed by atoms with Crippen molar-refractivity contribution in [3.8, 4) is 28.0 Å². The van der Waals surface area contributed by atoms with Crippen LogP contribution in [-0.4, -0.2) is 41.4 Å². The molecule has 0 saturated heterocycles. The van der Waals surface area contributed by atoms with Crippen molar-refractivity contribution in [2.75, 3.05) is 30.4 Å². The van der Waals surface area contributed by atoms with Gasteiger partial charge in [-0.15, -0.1) is 11.3 Å². The Bertz CT molecular complexity index is 1370. The van der Waals surface area contributed by atoms with E-state index in [2.05, 4.69) is 34.2 Å². The van der Waals surface area contributed by atoms with Gasteiger partial charge in [-0.1, -0.05) is 42.1 Å². The molecule has 170 valence electrons. The SMILES string of the molecule is N#CCCN(C(=O)CSc1ncnc2sc(-c3ccccc3)cc12)c1ccc2c(c1)OCCO2. The van der Waals surface area contributed by atoms with Crippen LogP contribution in [0.3, 0.4) is 0 Å². The molecule has 1 aliphatic heterocycles. The third kappa shape index (κ3) is 4.69. The fourth-order valence-corrected chi connectivity index (χ4v) is 5.58. The van der Waals surface area contributed by atoms with Crippen molar-refractivity contribution in [1.29, 1.82) is 5.26 Å². The number of thiophene rings is 1. The summed E-state index contributed by atoms with van der Waals surface area (Å²) in [7, 11) is 0. The van der Waals surface area contributed by atoms with Crippen molar-refractivity contribution in [1.82, 2.24) is 9.97 Å². The minimum absolute atomic E-state index is 0.109. The number of nitriles is 1. The zero-order valence-corrected chi connectivity index (χ0v) is 19.8. The van der Waals surface area contributed by atoms with Gasteiger partial charge in [-0.25, -0.2) is 9.97 Å². The van der Waals surface area contributed by atoms with Gasteiger partial charge in [0.15, 0.2) is 11.5 Å². The molecule has 5 rings (SSSR count). The average Bonchev–Trinajstić information content (AvgIpc) is 3.33. The first-order chi connectivity index (χ1) is 16.7. The quantitative estimate of drug-likeness (QED) is 0.262. The predicted molar refractivity (Wildman–Crippen MR) is 134 cm³/mol. The van der Waals surface area contributed by atoms with Crippen molar-refractivity contribution in [3.63, 3.8) is 0 Å². The number of thioether (sulfide) groups is 1. The molecule has 7 nitrogen and oxygen atoms in total. The summed E-state index contributed by atoms with van der Waals surface area (Å²) in [5.41, 5.74) is 1.80. The summed E-state index contributed by atoms with van der Waals surface area (Å²) in [4.78, 5) is 25.7. The molecule has 9 heteroatoms. The first kappa shape index (κ1) is 22.2. The average molecular weight is 489 g/mol. The Hall–Kier alpha value is -3.61. The molecule has 0 saturated carbocycles. The predicted octanol–water partition coefficient (Wildman–Crippen LogP) is 5.17. The summed E-state index contributed by atoms with van der Waals surface area (Å²) in [5, 5.41) is 10.8. The van der Waals surface area contributed by atoms with Crippen molar-refractivity contribution in [3.05, 3.63) is 60.9 Å². The lowest BCUT2D eigenvalue weighted by atomic mass is 10.2. The molecule has 0 bridgehead atoms. The van der Waals surface area contributed by atoms with Gasteiger partial charge in [0, 0.05) is 28.6 Å². The number of carbonyl (C=O) groups is 1. The molecule has 0 aliphatic carbocycles. The number of nitrogens with zero attached hydrogens (tertiary/aromatic N) is 4. The highest BCUT2D eigenvalue weighted by molar-refractivity contribution is 8.00. The Balaban J connectivity index is 1.36. The van der Waals surface area contributed by atoms with Crippen LogP contribution in [0.15, 0.2) is 66.0 Å². The number of hydrogen-bond acceptors (Lipinski definition) is 8. The summed E-state index contributed by atoms with van der Waals surface area (Å²) in [6, 6.07) is 19.8. The first-order valence-corrected chi connectivity index (χ1v) is 12.5. The zero-order valence-electron chi connectivity index (χ0n) is 18.1. The maximum Gasteiger partial charge on any atom is 0.237 e. The van der Waals surface area contributed by atoms with Crippen LogP contribution in [0.4, 0.5) is 5.69 Å². The molecule has 0 unspecified atom stereocenters. The Morgan fingerprint density at radius 3 is 2.74 bits per heavy atom. The van der Waals surface area contributed by atoms with E-state index >= 15 is 0 Å². The second-order valence-electron chi connectivity index (χ2n) is 7.44. The molecule has 0 atom stereocenters. The Morgan fingerprint density at radius 1 is 1.09 bits per heavy atom. The lowest BCUT2D eigenvalue weighted by Gasteiger charge is -2.24. The minimum atomic E-state index is -0.109. The van der Waals surface area contributed by atoms with Crippen molar-refractivity contribution >= 4 is 44.9 Å². The summed E-state index contributed by atoms with van der Waals surface area (Å²) in [6.45, 7) is 1.27. The first-order valence-electron chi connectivity index (χ1n) is 10.7. The highest BCUT2D eigenvalue weighted by Gasteiger charge is 2.20. The topological polar surface area (TPSA) is 88.3 Å². The number of hydrogen-bond donors (Lipinski definition) is 0. The summed E-state index contributed by atoms with van der Waals surface area (Å²) in [5.74, 6) is 1.34. The smallest absolute Gasteiger partial charge is 0.237 e. The number of anilines is 1. The third-order valence-electron chi connectivity index (χ3n) is 5.27. The molecule has 1 aliphatic rings. The monoisotopic (exact) mass is 488 g/mol. The zero-order chi connectivity index (χ0) is 23.3. The Kier molecular flexibility index (Phi) is 6.60. The van der Waals surface area contributed by atoms with E-state index in [0.717, 1.165) is 25.7 Å². The highest BCUT2D eigenvalue weighted by Crippen LogP contribution is 2.37. The van der Waals surface area contributed by atoms with Gasteiger partial charge in [-0.05, 0) is 23.8 Å². The molecule has 1 amide bonds. The van der Waals surface area contributed by atoms with E-state index in [1.807, 2.05) is 24.3 Å². The van der Waals surface area contributed by atoms with Crippen molar-refractivity contribution in [2.45, 2.75) is 11.4 Å². The molecule has 3 heterocycles. The van der Waals surface area contributed by atoms with Crippen LogP contribution in [0.25, 0.3) is 20.7 Å². The maximum absolute atomic E-state index is 13.2. The van der Waals surface area contributed by atoms with Crippen LogP contribution >= 0.6 is 23.1 Å². The maximum atomic E-state index is 13.2. The lowest BCUT2D eigenvalue weighted by molar-refractivity contribution is -0.116. The molecule has 0 radical (unpaired) electrons. The number of fused-ring (bicyclic) bond motifs is 2. The number of benzene rings is 2. The van der Waals surface area contributed by atoms with Gasteiger partial charge >= 0.3 is 0 Å². The van der Waals surface area contributed by atoms with Crippen LogP contribution in [0.2, 0.25) is 0 Å². The van der Waals surface area contributed by atoms with Crippen LogP contribution < -0.4 is 14.4 Å². The van der Waals surface area contributed by atoms with E-state index in [1.165, 1.54) is 18.1 Å². The van der Waals surface area contributed by atoms with Crippen molar-refractivity contribution < 1.29 is 14.3 Å². The summed E-state index contributed by atoms with van der Waals surface area (Å²) < 4.78 is 11.2. The van der Waals surface area contributed by atoms with E-state index in [-0.39, 0.29) is 18.1 Å². The normalized spacial score (nSPS) is 12.3. The van der Waals surface area contributed by atoms with Gasteiger partial charge in [-0.2, -0.15) is 5.26 Å². The molecular weight excluding hydrogens is 468 g/mol. The largest absolute Gasteiger partial charge is 0.486 e. The molecule has 34 heavy (non-hydrogen) atoms. The van der Waals surface area contributed by atoms with E-state index in [0.29, 0.717) is 36.9 Å². The van der Waals surface area contributed by atoms with Gasteiger partial charge in [0.05, 0.1) is 18.2 Å². The van der Waals surface area contributed by atoms with E-state index in [4.69, 9.17) is 14.7 Å². The third-order valence-corrected chi connectivity index (χ3v) is 7.35. The second-order valence-corrected chi connectivity index (χ2v) is 9.44. The van der Waals surface area contributed by atoms with Gasteiger partial charge in [0.1, 0.15) is 29.4 Å². The number of rotatable bonds is 7. The van der Waals surface area contributed by atoms with Crippen LogP contribution in [-0.2, 0) is 4.79 Å². The van der Waals surface area contributed by atoms with Gasteiger partial charge in [-0.3, -0.25) is 4.79 Å². The van der Waals surface area contributed by atoms with Gasteiger partial charge < -0.3 is 14.4 Å². The van der Waals surface area contributed by atoms with Crippen LogP contribution in [0.5, 0.6) is 11.5 Å². The van der Waals surface area contributed by atoms with Gasteiger partial charge in [0.25, 0.3) is 0 Å². The minimum Gasteiger partial charge on any atom is -0.486 e. The standard InChI is InChI=1S/C25H20N4O3S2/c26-9-4-10-29(18-7-8-20-21(13-18)32-12-11-31-20)23(30)15-33-24-19-14-22(17-5-2-1-3-6-17)34-25(19)28-16-27-24/h1-3,5-8,13-14,16H,4,10-12,15H2. The summed E-state index contributed by atoms with van der Waals surface area (Å²) >= 11 is 2.98. The second kappa shape index (κ2) is 10.1. The van der Waals surface area contributed by atoms with E-state index in [1.54, 1.807) is 28.4 Å². The Labute approximate surface area is 205 Å². The Morgan fingerprint density at radius 2 is 1.91 bits per heavy atom. The highest BCUT2D eigenvalue weighted by atomic mass is 32.2. The van der Waals surface area contributed by atoms with Crippen LogP contribution in [0, 0.1) is 11.3 Å². The summed E-state index contributed by atoms with van der Waals surface area (Å²) in [6.07, 6.45) is 1.77. The number of amides is 1.